The van der Waals surface area contributed by atoms with Gasteiger partial charge in [-0.05, 0) is 37.1 Å². The van der Waals surface area contributed by atoms with E-state index in [1.165, 1.54) is 37.1 Å². The third kappa shape index (κ3) is 13.6. The molecule has 0 aromatic heterocycles. The van der Waals surface area contributed by atoms with Gasteiger partial charge in [0.05, 0.1) is 26.4 Å². The summed E-state index contributed by atoms with van der Waals surface area (Å²) in [4.78, 5) is 18.6. The summed E-state index contributed by atoms with van der Waals surface area (Å²) < 4.78 is 10.4. The zero-order chi connectivity index (χ0) is 27.0. The van der Waals surface area contributed by atoms with Crippen LogP contribution in [0.3, 0.4) is 0 Å². The summed E-state index contributed by atoms with van der Waals surface area (Å²) in [5.41, 5.74) is 2.77. The highest BCUT2D eigenvalue weighted by atomic mass is 16.5. The van der Waals surface area contributed by atoms with E-state index in [2.05, 4.69) is 74.6 Å². The van der Waals surface area contributed by atoms with Crippen LogP contribution in [0.5, 0.6) is 0 Å². The lowest BCUT2D eigenvalue weighted by atomic mass is 10.0. The van der Waals surface area contributed by atoms with Crippen LogP contribution in [-0.4, -0.2) is 105 Å². The number of benzene rings is 2. The van der Waals surface area contributed by atoms with Crippen molar-refractivity contribution >= 4 is 5.78 Å². The first-order valence-electron chi connectivity index (χ1n) is 14.9. The van der Waals surface area contributed by atoms with Crippen molar-refractivity contribution in [3.8, 4) is 0 Å². The van der Waals surface area contributed by atoms with Crippen LogP contribution in [0.25, 0.3) is 0 Å². The van der Waals surface area contributed by atoms with E-state index in [0.717, 1.165) is 97.7 Å². The summed E-state index contributed by atoms with van der Waals surface area (Å²) in [6.07, 6.45) is 4.08. The van der Waals surface area contributed by atoms with Crippen molar-refractivity contribution < 1.29 is 14.3 Å². The van der Waals surface area contributed by atoms with Crippen LogP contribution < -0.4 is 11.5 Å². The SMILES string of the molecule is C.C1COCCN1.N.O=C1CCN(Cc2ccccc2)CC1.c1ccc(CN2CCC(N3CCOCC3)CC2)cc1. The van der Waals surface area contributed by atoms with Crippen LogP contribution in [0.1, 0.15) is 44.2 Å². The largest absolute Gasteiger partial charge is 0.379 e. The van der Waals surface area contributed by atoms with Gasteiger partial charge in [0.25, 0.3) is 0 Å². The molecule has 0 amide bonds. The number of nitrogens with one attached hydrogen (secondary N) is 1. The smallest absolute Gasteiger partial charge is 0.135 e. The fourth-order valence-corrected chi connectivity index (χ4v) is 5.54. The fraction of sp³-hybridized carbons (Fsp3) is 0.606. The molecule has 0 unspecified atom stereocenters. The van der Waals surface area contributed by atoms with Crippen LogP contribution in [0.2, 0.25) is 0 Å². The second kappa shape index (κ2) is 20.7. The molecule has 4 N–H and O–H groups in total. The number of nitrogens with zero attached hydrogens (tertiary/aromatic N) is 3. The number of morpholine rings is 2. The predicted octanol–water partition coefficient (Wildman–Crippen LogP) is 4.24. The van der Waals surface area contributed by atoms with E-state index in [1.54, 1.807) is 0 Å². The van der Waals surface area contributed by atoms with Crippen molar-refractivity contribution in [2.45, 2.75) is 52.2 Å². The maximum absolute atomic E-state index is 11.0. The highest BCUT2D eigenvalue weighted by molar-refractivity contribution is 5.79. The molecule has 2 aromatic rings. The fourth-order valence-electron chi connectivity index (χ4n) is 5.54. The van der Waals surface area contributed by atoms with Crippen molar-refractivity contribution in [2.24, 2.45) is 0 Å². The molecule has 41 heavy (non-hydrogen) atoms. The van der Waals surface area contributed by atoms with Gasteiger partial charge in [-0.3, -0.25) is 19.5 Å². The molecule has 230 valence electrons. The lowest BCUT2D eigenvalue weighted by Crippen LogP contribution is -2.48. The Morgan fingerprint density at radius 1 is 0.659 bits per heavy atom. The molecule has 0 aliphatic carbocycles. The molecule has 0 radical (unpaired) electrons. The van der Waals surface area contributed by atoms with E-state index in [1.807, 2.05) is 6.07 Å². The summed E-state index contributed by atoms with van der Waals surface area (Å²) in [6.45, 7) is 14.3. The van der Waals surface area contributed by atoms with E-state index in [9.17, 15) is 4.79 Å². The van der Waals surface area contributed by atoms with E-state index in [-0.39, 0.29) is 13.6 Å². The minimum atomic E-state index is 0. The van der Waals surface area contributed by atoms with Gasteiger partial charge in [0, 0.05) is 71.2 Å². The van der Waals surface area contributed by atoms with Crippen LogP contribution in [-0.2, 0) is 27.4 Å². The highest BCUT2D eigenvalue weighted by Gasteiger charge is 2.25. The Balaban J connectivity index is 0.000000235. The van der Waals surface area contributed by atoms with Crippen molar-refractivity contribution in [1.82, 2.24) is 26.2 Å². The molecule has 0 spiro atoms. The standard InChI is InChI=1S/C16H24N2O.C12H15NO.C4H9NO.CH4.H3N/c1-2-4-15(5-3-1)14-17-8-6-16(7-9-17)18-10-12-19-13-11-18;14-12-6-8-13(9-7-12)10-11-4-2-1-3-5-11;1-3-6-4-2-5-1;;/h1-5,16H,6-14H2;1-5H,6-10H2;5H,1-4H2;1H4;1H3. The average Bonchev–Trinajstić information content (AvgIpc) is 3.02. The van der Waals surface area contributed by atoms with Crippen molar-refractivity contribution in [3.05, 3.63) is 71.8 Å². The Hall–Kier alpha value is -2.17. The minimum Gasteiger partial charge on any atom is -0.379 e. The van der Waals surface area contributed by atoms with Gasteiger partial charge in [-0.2, -0.15) is 0 Å². The summed E-state index contributed by atoms with van der Waals surface area (Å²) in [5.74, 6) is 0.411. The lowest BCUT2D eigenvalue weighted by Gasteiger charge is -2.40. The third-order valence-electron chi connectivity index (χ3n) is 7.88. The number of ketones is 1. The van der Waals surface area contributed by atoms with E-state index in [4.69, 9.17) is 9.47 Å². The number of hydrogen-bond donors (Lipinski definition) is 2. The van der Waals surface area contributed by atoms with Crippen LogP contribution in [0, 0.1) is 0 Å². The van der Waals surface area contributed by atoms with E-state index >= 15 is 0 Å². The first-order valence-corrected chi connectivity index (χ1v) is 14.9. The molecule has 0 saturated carbocycles. The Kier molecular flexibility index (Phi) is 17.7. The molecule has 0 bridgehead atoms. The van der Waals surface area contributed by atoms with E-state index in [0.29, 0.717) is 5.78 Å². The molecular formula is C33H55N5O3. The number of rotatable bonds is 5. The molecule has 0 atom stereocenters. The highest BCUT2D eigenvalue weighted by Crippen LogP contribution is 2.19. The Morgan fingerprint density at radius 2 is 1.12 bits per heavy atom. The normalized spacial score (nSPS) is 20.7. The zero-order valence-corrected chi connectivity index (χ0v) is 24.4. The maximum Gasteiger partial charge on any atom is 0.135 e. The molecule has 4 heterocycles. The Labute approximate surface area is 249 Å². The molecule has 2 aromatic carbocycles. The van der Waals surface area contributed by atoms with Gasteiger partial charge in [0.2, 0.25) is 0 Å². The molecule has 4 aliphatic heterocycles. The summed E-state index contributed by atoms with van der Waals surface area (Å²) in [6, 6.07) is 22.0. The maximum atomic E-state index is 11.0. The van der Waals surface area contributed by atoms with Crippen LogP contribution in [0.4, 0.5) is 0 Å². The second-order valence-electron chi connectivity index (χ2n) is 10.8. The lowest BCUT2D eigenvalue weighted by molar-refractivity contribution is -0.121. The van der Waals surface area contributed by atoms with Crippen molar-refractivity contribution in [1.29, 1.82) is 0 Å². The number of Topliss-reactive ketones (excluding diaryl/α,β-unsaturated/α-hetero) is 1. The van der Waals surface area contributed by atoms with Gasteiger partial charge in [-0.15, -0.1) is 0 Å². The number of hydrogen-bond acceptors (Lipinski definition) is 8. The first kappa shape index (κ1) is 35.0. The molecule has 4 fully saturated rings. The third-order valence-corrected chi connectivity index (χ3v) is 7.88. The monoisotopic (exact) mass is 569 g/mol. The Morgan fingerprint density at radius 3 is 1.56 bits per heavy atom. The van der Waals surface area contributed by atoms with Gasteiger partial charge in [0.15, 0.2) is 0 Å². The number of likely N-dealkylation sites (tertiary alicyclic amines) is 2. The van der Waals surface area contributed by atoms with Gasteiger partial charge in [0.1, 0.15) is 5.78 Å². The van der Waals surface area contributed by atoms with Gasteiger partial charge < -0.3 is 20.9 Å². The van der Waals surface area contributed by atoms with Gasteiger partial charge >= 0.3 is 0 Å². The number of ether oxygens (including phenoxy) is 2. The quantitative estimate of drug-likeness (QED) is 0.553. The molecule has 8 nitrogen and oxygen atoms in total. The summed E-state index contributed by atoms with van der Waals surface area (Å²) in [5, 5.41) is 3.16. The first-order chi connectivity index (χ1) is 19.3. The summed E-state index contributed by atoms with van der Waals surface area (Å²) >= 11 is 0. The van der Waals surface area contributed by atoms with Gasteiger partial charge in [-0.1, -0.05) is 68.1 Å². The van der Waals surface area contributed by atoms with Crippen LogP contribution >= 0.6 is 0 Å². The Bertz CT molecular complexity index is 893. The number of piperidine rings is 2. The minimum absolute atomic E-state index is 0. The summed E-state index contributed by atoms with van der Waals surface area (Å²) in [7, 11) is 0. The average molecular weight is 570 g/mol. The molecule has 4 saturated heterocycles. The van der Waals surface area contributed by atoms with Gasteiger partial charge in [-0.25, -0.2) is 0 Å². The molecule has 6 rings (SSSR count). The van der Waals surface area contributed by atoms with Crippen LogP contribution in [0.15, 0.2) is 60.7 Å². The molecule has 8 heteroatoms. The topological polar surface area (TPSA) is 92.3 Å². The second-order valence-corrected chi connectivity index (χ2v) is 10.8. The van der Waals surface area contributed by atoms with E-state index < -0.39 is 0 Å². The number of carbonyl (C=O) groups excluding carboxylic acids is 1. The molecular weight excluding hydrogens is 514 g/mol. The molecule has 4 aliphatic rings. The number of carbonyl (C=O) groups is 1. The van der Waals surface area contributed by atoms with Crippen molar-refractivity contribution in [2.75, 3.05) is 78.8 Å². The van der Waals surface area contributed by atoms with Crippen molar-refractivity contribution in [3.63, 3.8) is 0 Å². The zero-order valence-electron chi connectivity index (χ0n) is 24.4. The predicted molar refractivity (Wildman–Crippen MR) is 169 cm³/mol.